The van der Waals surface area contributed by atoms with Crippen molar-refractivity contribution in [1.82, 2.24) is 19.9 Å². The molecule has 0 aromatic carbocycles. The third-order valence-electron chi connectivity index (χ3n) is 3.53. The standard InChI is InChI=1S/C15H20N4/c1-2-19-6-5-17-15(19)8-12-7-13(10-16-9-12)11-18-14-3-4-14/h5-7,9-10,14,18H,2-4,8,11H2,1H3. The second-order valence-electron chi connectivity index (χ2n) is 5.16. The molecule has 0 spiro atoms. The molecule has 19 heavy (non-hydrogen) atoms. The summed E-state index contributed by atoms with van der Waals surface area (Å²) in [5.41, 5.74) is 2.50. The second kappa shape index (κ2) is 5.53. The molecule has 4 nitrogen and oxygen atoms in total. The van der Waals surface area contributed by atoms with Gasteiger partial charge in [-0.15, -0.1) is 0 Å². The van der Waals surface area contributed by atoms with Crippen LogP contribution in [0.2, 0.25) is 0 Å². The predicted molar refractivity (Wildman–Crippen MR) is 74.8 cm³/mol. The van der Waals surface area contributed by atoms with Gasteiger partial charge in [0.1, 0.15) is 5.82 Å². The molecule has 100 valence electrons. The van der Waals surface area contributed by atoms with E-state index in [0.29, 0.717) is 0 Å². The number of hydrogen-bond donors (Lipinski definition) is 1. The SMILES string of the molecule is CCn1ccnc1Cc1cncc(CNC2CC2)c1. The van der Waals surface area contributed by atoms with Gasteiger partial charge in [-0.1, -0.05) is 6.07 Å². The minimum atomic E-state index is 0.739. The fourth-order valence-electron chi connectivity index (χ4n) is 2.26. The fourth-order valence-corrected chi connectivity index (χ4v) is 2.26. The molecule has 1 fully saturated rings. The predicted octanol–water partition coefficient (Wildman–Crippen LogP) is 2.14. The minimum Gasteiger partial charge on any atom is -0.335 e. The summed E-state index contributed by atoms with van der Waals surface area (Å²) in [4.78, 5) is 8.76. The van der Waals surface area contributed by atoms with Crippen LogP contribution < -0.4 is 5.32 Å². The summed E-state index contributed by atoms with van der Waals surface area (Å²) in [7, 11) is 0. The van der Waals surface area contributed by atoms with Gasteiger partial charge in [0, 0.05) is 50.3 Å². The van der Waals surface area contributed by atoms with E-state index in [-0.39, 0.29) is 0 Å². The van der Waals surface area contributed by atoms with Crippen LogP contribution >= 0.6 is 0 Å². The topological polar surface area (TPSA) is 42.7 Å². The lowest BCUT2D eigenvalue weighted by molar-refractivity contribution is 0.683. The summed E-state index contributed by atoms with van der Waals surface area (Å²) in [5, 5.41) is 3.52. The summed E-state index contributed by atoms with van der Waals surface area (Å²) in [6.07, 6.45) is 11.3. The van der Waals surface area contributed by atoms with Crippen LogP contribution in [0.3, 0.4) is 0 Å². The van der Waals surface area contributed by atoms with Crippen LogP contribution in [0.15, 0.2) is 30.9 Å². The molecule has 0 atom stereocenters. The Morgan fingerprint density at radius 3 is 2.95 bits per heavy atom. The molecule has 0 bridgehead atoms. The summed E-state index contributed by atoms with van der Waals surface area (Å²) >= 11 is 0. The van der Waals surface area contributed by atoms with Crippen LogP contribution in [-0.4, -0.2) is 20.6 Å². The number of aromatic nitrogens is 3. The molecule has 0 radical (unpaired) electrons. The van der Waals surface area contributed by atoms with Crippen LogP contribution in [0.25, 0.3) is 0 Å². The van der Waals surface area contributed by atoms with Gasteiger partial charge in [-0.3, -0.25) is 4.98 Å². The number of nitrogens with one attached hydrogen (secondary N) is 1. The first kappa shape index (κ1) is 12.4. The van der Waals surface area contributed by atoms with Crippen LogP contribution in [-0.2, 0) is 19.5 Å². The van der Waals surface area contributed by atoms with Gasteiger partial charge >= 0.3 is 0 Å². The first-order valence-electron chi connectivity index (χ1n) is 7.01. The quantitative estimate of drug-likeness (QED) is 0.861. The molecule has 3 rings (SSSR count). The van der Waals surface area contributed by atoms with E-state index in [9.17, 15) is 0 Å². The molecular formula is C15H20N4. The van der Waals surface area contributed by atoms with E-state index in [2.05, 4.69) is 32.8 Å². The van der Waals surface area contributed by atoms with Crippen LogP contribution in [0.5, 0.6) is 0 Å². The zero-order valence-electron chi connectivity index (χ0n) is 11.3. The molecule has 0 unspecified atom stereocenters. The van der Waals surface area contributed by atoms with Crippen molar-refractivity contribution in [2.24, 2.45) is 0 Å². The molecule has 2 aromatic heterocycles. The van der Waals surface area contributed by atoms with Crippen molar-refractivity contribution in [3.05, 3.63) is 47.8 Å². The summed E-state index contributed by atoms with van der Waals surface area (Å²) in [6, 6.07) is 2.97. The van der Waals surface area contributed by atoms with Crippen LogP contribution in [0, 0.1) is 0 Å². The molecule has 0 aliphatic heterocycles. The van der Waals surface area contributed by atoms with Gasteiger partial charge in [-0.2, -0.15) is 0 Å². The smallest absolute Gasteiger partial charge is 0.113 e. The Morgan fingerprint density at radius 2 is 2.16 bits per heavy atom. The zero-order valence-corrected chi connectivity index (χ0v) is 11.3. The Kier molecular flexibility index (Phi) is 3.60. The molecule has 1 aliphatic rings. The number of imidazole rings is 1. The lowest BCUT2D eigenvalue weighted by Gasteiger charge is -2.07. The molecule has 0 saturated heterocycles. The van der Waals surface area contributed by atoms with Crippen LogP contribution in [0.4, 0.5) is 0 Å². The average molecular weight is 256 g/mol. The van der Waals surface area contributed by atoms with Crippen molar-refractivity contribution < 1.29 is 0 Å². The van der Waals surface area contributed by atoms with Gasteiger partial charge in [0.25, 0.3) is 0 Å². The van der Waals surface area contributed by atoms with Crippen molar-refractivity contribution in [1.29, 1.82) is 0 Å². The maximum Gasteiger partial charge on any atom is 0.113 e. The highest BCUT2D eigenvalue weighted by molar-refractivity contribution is 5.21. The first-order chi connectivity index (χ1) is 9.35. The van der Waals surface area contributed by atoms with Gasteiger partial charge in [0.15, 0.2) is 0 Å². The Morgan fingerprint density at radius 1 is 1.32 bits per heavy atom. The van der Waals surface area contributed by atoms with Gasteiger partial charge in [0.2, 0.25) is 0 Å². The first-order valence-corrected chi connectivity index (χ1v) is 7.01. The third-order valence-corrected chi connectivity index (χ3v) is 3.53. The summed E-state index contributed by atoms with van der Waals surface area (Å²) in [5.74, 6) is 1.11. The molecule has 0 amide bonds. The maximum absolute atomic E-state index is 4.42. The normalized spacial score (nSPS) is 14.8. The largest absolute Gasteiger partial charge is 0.335 e. The van der Waals surface area contributed by atoms with E-state index < -0.39 is 0 Å². The maximum atomic E-state index is 4.42. The number of rotatable bonds is 6. The number of aryl methyl sites for hydroxylation is 1. The van der Waals surface area contributed by atoms with Crippen molar-refractivity contribution in [2.45, 2.75) is 45.3 Å². The molecule has 1 saturated carbocycles. The number of nitrogens with zero attached hydrogens (tertiary/aromatic N) is 3. The fraction of sp³-hybridized carbons (Fsp3) is 0.467. The van der Waals surface area contributed by atoms with Gasteiger partial charge in [-0.25, -0.2) is 4.98 Å². The average Bonchev–Trinajstić information content (AvgIpc) is 3.16. The molecule has 2 heterocycles. The second-order valence-corrected chi connectivity index (χ2v) is 5.16. The zero-order chi connectivity index (χ0) is 13.1. The highest BCUT2D eigenvalue weighted by Crippen LogP contribution is 2.19. The van der Waals surface area contributed by atoms with E-state index in [4.69, 9.17) is 0 Å². The van der Waals surface area contributed by atoms with E-state index in [0.717, 1.165) is 31.4 Å². The molecule has 1 N–H and O–H groups in total. The van der Waals surface area contributed by atoms with Gasteiger partial charge < -0.3 is 9.88 Å². The molecule has 2 aromatic rings. The number of pyridine rings is 1. The van der Waals surface area contributed by atoms with Crippen molar-refractivity contribution in [2.75, 3.05) is 0 Å². The summed E-state index contributed by atoms with van der Waals surface area (Å²) < 4.78 is 2.18. The van der Waals surface area contributed by atoms with Crippen molar-refractivity contribution >= 4 is 0 Å². The lowest BCUT2D eigenvalue weighted by Crippen LogP contribution is -2.15. The van der Waals surface area contributed by atoms with Gasteiger partial charge in [-0.05, 0) is 30.9 Å². The summed E-state index contributed by atoms with van der Waals surface area (Å²) in [6.45, 7) is 4.03. The van der Waals surface area contributed by atoms with E-state index in [1.165, 1.54) is 24.0 Å². The van der Waals surface area contributed by atoms with E-state index in [1.54, 1.807) is 0 Å². The van der Waals surface area contributed by atoms with E-state index in [1.807, 2.05) is 24.8 Å². The van der Waals surface area contributed by atoms with Crippen molar-refractivity contribution in [3.8, 4) is 0 Å². The lowest BCUT2D eigenvalue weighted by atomic mass is 10.1. The third kappa shape index (κ3) is 3.20. The van der Waals surface area contributed by atoms with Crippen LogP contribution in [0.1, 0.15) is 36.7 Å². The Hall–Kier alpha value is -1.68. The molecular weight excluding hydrogens is 236 g/mol. The number of hydrogen-bond acceptors (Lipinski definition) is 3. The monoisotopic (exact) mass is 256 g/mol. The Bertz CT molecular complexity index is 543. The van der Waals surface area contributed by atoms with Crippen molar-refractivity contribution in [3.63, 3.8) is 0 Å². The Labute approximate surface area is 113 Å². The highest BCUT2D eigenvalue weighted by atomic mass is 15.0. The van der Waals surface area contributed by atoms with Gasteiger partial charge in [0.05, 0.1) is 0 Å². The van der Waals surface area contributed by atoms with E-state index >= 15 is 0 Å². The Balaban J connectivity index is 1.68. The molecule has 4 heteroatoms. The minimum absolute atomic E-state index is 0.739. The molecule has 1 aliphatic carbocycles. The highest BCUT2D eigenvalue weighted by Gasteiger charge is 2.19.